The van der Waals surface area contributed by atoms with Gasteiger partial charge in [0, 0.05) is 32.8 Å². The summed E-state index contributed by atoms with van der Waals surface area (Å²) in [6.45, 7) is 3.65. The molecule has 0 atom stereocenters. The van der Waals surface area contributed by atoms with Crippen LogP contribution in [0.15, 0.2) is 0 Å². The fourth-order valence-corrected chi connectivity index (χ4v) is 0.203. The van der Waals surface area contributed by atoms with E-state index in [1.54, 1.807) is 6.92 Å². The topological polar surface area (TPSA) is 26.3 Å². The zero-order valence-corrected chi connectivity index (χ0v) is 7.90. The standard InChI is InChI=1S/C4H8O2.In/c1-3-6-4(2)5;/h3H2,1-2H3;. The molecule has 3 radical (unpaired) electrons. The SMILES string of the molecule is CCOC(C)=O.[In]. The van der Waals surface area contributed by atoms with Crippen LogP contribution in [-0.4, -0.2) is 38.4 Å². The largest absolute Gasteiger partial charge is 0.466 e. The summed E-state index contributed by atoms with van der Waals surface area (Å²) in [5.41, 5.74) is 0. The van der Waals surface area contributed by atoms with E-state index < -0.39 is 0 Å². The molecule has 0 fully saturated rings. The summed E-state index contributed by atoms with van der Waals surface area (Å²) < 4.78 is 4.40. The third-order valence-electron chi connectivity index (χ3n) is 0.348. The minimum Gasteiger partial charge on any atom is -0.466 e. The van der Waals surface area contributed by atoms with E-state index in [-0.39, 0.29) is 31.8 Å². The van der Waals surface area contributed by atoms with Crippen LogP contribution in [0.25, 0.3) is 0 Å². The molecular weight excluding hydrogens is 195 g/mol. The van der Waals surface area contributed by atoms with Crippen molar-refractivity contribution >= 4 is 31.8 Å². The quantitative estimate of drug-likeness (QED) is 0.568. The molecule has 3 heteroatoms. The number of rotatable bonds is 1. The van der Waals surface area contributed by atoms with Crippen molar-refractivity contribution in [2.75, 3.05) is 6.61 Å². The zero-order valence-electron chi connectivity index (χ0n) is 4.60. The third kappa shape index (κ3) is 10.7. The summed E-state index contributed by atoms with van der Waals surface area (Å²) in [4.78, 5) is 9.82. The molecule has 0 aromatic carbocycles. The van der Waals surface area contributed by atoms with Crippen molar-refractivity contribution in [2.24, 2.45) is 0 Å². The Hall–Kier alpha value is 0.340. The third-order valence-corrected chi connectivity index (χ3v) is 0.348. The van der Waals surface area contributed by atoms with E-state index >= 15 is 0 Å². The van der Waals surface area contributed by atoms with E-state index in [2.05, 4.69) is 4.74 Å². The van der Waals surface area contributed by atoms with Crippen LogP contribution in [-0.2, 0) is 9.53 Å². The second-order valence-electron chi connectivity index (χ2n) is 0.925. The van der Waals surface area contributed by atoms with Crippen LogP contribution in [0.1, 0.15) is 13.8 Å². The second kappa shape index (κ2) is 6.34. The van der Waals surface area contributed by atoms with Gasteiger partial charge in [0.05, 0.1) is 6.61 Å². The molecule has 0 aliphatic heterocycles. The molecule has 0 rings (SSSR count). The van der Waals surface area contributed by atoms with Crippen LogP contribution in [0.3, 0.4) is 0 Å². The molecule has 39 valence electrons. The molecule has 0 aromatic heterocycles. The van der Waals surface area contributed by atoms with Gasteiger partial charge in [-0.2, -0.15) is 0 Å². The van der Waals surface area contributed by atoms with Crippen LogP contribution >= 0.6 is 0 Å². The summed E-state index contributed by atoms with van der Waals surface area (Å²) in [6.07, 6.45) is 0. The van der Waals surface area contributed by atoms with E-state index in [9.17, 15) is 4.79 Å². The molecule has 0 saturated heterocycles. The maximum absolute atomic E-state index is 9.82. The van der Waals surface area contributed by atoms with Gasteiger partial charge in [0.2, 0.25) is 0 Å². The Morgan fingerprint density at radius 3 is 2.14 bits per heavy atom. The monoisotopic (exact) mass is 203 g/mol. The molecule has 0 aliphatic rings. The van der Waals surface area contributed by atoms with E-state index in [1.165, 1.54) is 6.92 Å². The Labute approximate surface area is 62.0 Å². The summed E-state index contributed by atoms with van der Waals surface area (Å²) in [5.74, 6) is -0.211. The molecule has 0 aliphatic carbocycles. The van der Waals surface area contributed by atoms with E-state index in [0.717, 1.165) is 0 Å². The first-order chi connectivity index (χ1) is 2.77. The first kappa shape index (κ1) is 10.3. The summed E-state index contributed by atoms with van der Waals surface area (Å²) in [6, 6.07) is 0. The number of carbonyl (C=O) groups is 1. The molecule has 0 unspecified atom stereocenters. The number of hydrogen-bond acceptors (Lipinski definition) is 2. The molecule has 0 N–H and O–H groups in total. The van der Waals surface area contributed by atoms with Gasteiger partial charge in [0.25, 0.3) is 0 Å². The first-order valence-electron chi connectivity index (χ1n) is 1.90. The van der Waals surface area contributed by atoms with Crippen LogP contribution < -0.4 is 0 Å². The van der Waals surface area contributed by atoms with Crippen molar-refractivity contribution in [1.82, 2.24) is 0 Å². The molecule has 7 heavy (non-hydrogen) atoms. The average molecular weight is 203 g/mol. The van der Waals surface area contributed by atoms with Crippen LogP contribution in [0.2, 0.25) is 0 Å². The smallest absolute Gasteiger partial charge is 0.302 e. The van der Waals surface area contributed by atoms with Gasteiger partial charge in [-0.3, -0.25) is 4.79 Å². The van der Waals surface area contributed by atoms with E-state index in [4.69, 9.17) is 0 Å². The van der Waals surface area contributed by atoms with Crippen molar-refractivity contribution in [3.8, 4) is 0 Å². The molecule has 0 bridgehead atoms. The van der Waals surface area contributed by atoms with Gasteiger partial charge < -0.3 is 4.74 Å². The van der Waals surface area contributed by atoms with Crippen LogP contribution in [0.4, 0.5) is 0 Å². The maximum atomic E-state index is 9.82. The molecule has 0 aromatic rings. The zero-order chi connectivity index (χ0) is 4.99. The van der Waals surface area contributed by atoms with Gasteiger partial charge >= 0.3 is 5.97 Å². The van der Waals surface area contributed by atoms with Crippen molar-refractivity contribution in [1.29, 1.82) is 0 Å². The molecule has 2 nitrogen and oxygen atoms in total. The fraction of sp³-hybridized carbons (Fsp3) is 0.750. The first-order valence-corrected chi connectivity index (χ1v) is 1.90. The fourth-order valence-electron chi connectivity index (χ4n) is 0.203. The maximum Gasteiger partial charge on any atom is 0.302 e. The van der Waals surface area contributed by atoms with Gasteiger partial charge in [0.15, 0.2) is 0 Å². The number of hydrogen-bond donors (Lipinski definition) is 0. The Morgan fingerprint density at radius 2 is 2.14 bits per heavy atom. The van der Waals surface area contributed by atoms with Crippen LogP contribution in [0.5, 0.6) is 0 Å². The predicted octanol–water partition coefficient (Wildman–Crippen LogP) is 0.189. The van der Waals surface area contributed by atoms with Crippen molar-refractivity contribution in [3.05, 3.63) is 0 Å². The summed E-state index contributed by atoms with van der Waals surface area (Å²) in [7, 11) is 0. The number of esters is 1. The molecule has 0 heterocycles. The summed E-state index contributed by atoms with van der Waals surface area (Å²) in [5, 5.41) is 0. The van der Waals surface area contributed by atoms with Crippen molar-refractivity contribution < 1.29 is 9.53 Å². The number of carbonyl (C=O) groups excluding carboxylic acids is 1. The van der Waals surface area contributed by atoms with Gasteiger partial charge in [0.1, 0.15) is 0 Å². The minimum atomic E-state index is -0.211. The van der Waals surface area contributed by atoms with Crippen molar-refractivity contribution in [2.45, 2.75) is 13.8 Å². The Balaban J connectivity index is 0. The number of ether oxygens (including phenoxy) is 1. The molecule has 0 spiro atoms. The Bertz CT molecular complexity index is 53.7. The second-order valence-corrected chi connectivity index (χ2v) is 0.925. The predicted molar refractivity (Wildman–Crippen MR) is 28.1 cm³/mol. The summed E-state index contributed by atoms with van der Waals surface area (Å²) >= 11 is 0. The van der Waals surface area contributed by atoms with Gasteiger partial charge in [-0.25, -0.2) is 0 Å². The van der Waals surface area contributed by atoms with E-state index in [1.807, 2.05) is 0 Å². The van der Waals surface area contributed by atoms with Crippen molar-refractivity contribution in [3.63, 3.8) is 0 Å². The van der Waals surface area contributed by atoms with Gasteiger partial charge in [-0.05, 0) is 6.92 Å². The Morgan fingerprint density at radius 1 is 1.71 bits per heavy atom. The minimum absolute atomic E-state index is 0. The molecule has 0 amide bonds. The Kier molecular flexibility index (Phi) is 9.37. The van der Waals surface area contributed by atoms with Gasteiger partial charge in [-0.15, -0.1) is 0 Å². The van der Waals surface area contributed by atoms with E-state index in [0.29, 0.717) is 6.61 Å². The van der Waals surface area contributed by atoms with Gasteiger partial charge in [-0.1, -0.05) is 0 Å². The average Bonchev–Trinajstić information content (AvgIpc) is 1.35. The molecule has 0 saturated carbocycles. The van der Waals surface area contributed by atoms with Crippen LogP contribution in [0, 0.1) is 0 Å². The molecular formula is C4H8InO2. The normalized spacial score (nSPS) is 6.57.